The molecule has 0 spiro atoms. The summed E-state index contributed by atoms with van der Waals surface area (Å²) in [5, 5.41) is 2.29. The molecule has 0 bridgehead atoms. The number of carbonyl (C=O) groups excluding carboxylic acids is 2. The van der Waals surface area contributed by atoms with Gasteiger partial charge in [0.2, 0.25) is 17.6 Å². The third-order valence-corrected chi connectivity index (χ3v) is 3.32. The first kappa shape index (κ1) is 14.2. The number of amides is 2. The molecule has 0 unspecified atom stereocenters. The van der Waals surface area contributed by atoms with Crippen LogP contribution in [-0.4, -0.2) is 33.1 Å². The van der Waals surface area contributed by atoms with Crippen molar-refractivity contribution in [2.24, 2.45) is 0 Å². The molecule has 6 heteroatoms. The van der Waals surface area contributed by atoms with E-state index >= 15 is 0 Å². The fourth-order valence-corrected chi connectivity index (χ4v) is 2.44. The van der Waals surface area contributed by atoms with Gasteiger partial charge in [-0.2, -0.15) is 0 Å². The van der Waals surface area contributed by atoms with Crippen molar-refractivity contribution in [1.29, 1.82) is 0 Å². The van der Waals surface area contributed by atoms with Gasteiger partial charge in [-0.15, -0.1) is 0 Å². The topological polar surface area (TPSA) is 73.9 Å². The monoisotopic (exact) mass is 279 g/mol. The van der Waals surface area contributed by atoms with Crippen LogP contribution in [0.15, 0.2) is 12.1 Å². The number of imide groups is 1. The number of hydrogen-bond acceptors (Lipinski definition) is 5. The van der Waals surface area contributed by atoms with Gasteiger partial charge in [0.05, 0.1) is 21.3 Å². The summed E-state index contributed by atoms with van der Waals surface area (Å²) in [7, 11) is 4.57. The molecule has 1 aromatic rings. The van der Waals surface area contributed by atoms with Gasteiger partial charge in [-0.05, 0) is 6.07 Å². The third-order valence-electron chi connectivity index (χ3n) is 3.32. The largest absolute Gasteiger partial charge is 0.493 e. The van der Waals surface area contributed by atoms with Gasteiger partial charge >= 0.3 is 0 Å². The number of methoxy groups -OCH3 is 3. The summed E-state index contributed by atoms with van der Waals surface area (Å²) >= 11 is 0. The maximum atomic E-state index is 11.5. The molecule has 0 aromatic heterocycles. The van der Waals surface area contributed by atoms with Crippen molar-refractivity contribution in [3.05, 3.63) is 17.7 Å². The predicted molar refractivity (Wildman–Crippen MR) is 71.2 cm³/mol. The summed E-state index contributed by atoms with van der Waals surface area (Å²) in [4.78, 5) is 23.0. The van der Waals surface area contributed by atoms with Gasteiger partial charge < -0.3 is 14.2 Å². The van der Waals surface area contributed by atoms with Gasteiger partial charge in [0, 0.05) is 24.3 Å². The average molecular weight is 279 g/mol. The van der Waals surface area contributed by atoms with E-state index < -0.39 is 0 Å². The van der Waals surface area contributed by atoms with E-state index in [2.05, 4.69) is 5.32 Å². The number of nitrogens with one attached hydrogen (secondary N) is 1. The standard InChI is InChI=1S/C14H17NO5/c1-18-10-5-4-9(13(19-2)14(10)20-3)8-6-11(16)15-12(17)7-8/h4-5,8H,6-7H2,1-3H3,(H,15,16,17). The summed E-state index contributed by atoms with van der Waals surface area (Å²) in [6, 6.07) is 3.55. The molecule has 0 radical (unpaired) electrons. The summed E-state index contributed by atoms with van der Waals surface area (Å²) in [6.45, 7) is 0. The molecule has 0 aliphatic carbocycles. The molecule has 0 saturated carbocycles. The Hall–Kier alpha value is -2.24. The first-order chi connectivity index (χ1) is 9.60. The highest BCUT2D eigenvalue weighted by Crippen LogP contribution is 2.44. The first-order valence-corrected chi connectivity index (χ1v) is 6.22. The van der Waals surface area contributed by atoms with Gasteiger partial charge in [0.1, 0.15) is 0 Å². The van der Waals surface area contributed by atoms with Crippen molar-refractivity contribution in [2.45, 2.75) is 18.8 Å². The number of carbonyl (C=O) groups is 2. The van der Waals surface area contributed by atoms with Crippen LogP contribution in [0.4, 0.5) is 0 Å². The van der Waals surface area contributed by atoms with Crippen LogP contribution in [0.3, 0.4) is 0 Å². The van der Waals surface area contributed by atoms with Crippen molar-refractivity contribution < 1.29 is 23.8 Å². The van der Waals surface area contributed by atoms with Crippen LogP contribution in [0.5, 0.6) is 17.2 Å². The van der Waals surface area contributed by atoms with Crippen LogP contribution >= 0.6 is 0 Å². The van der Waals surface area contributed by atoms with E-state index in [-0.39, 0.29) is 30.6 Å². The van der Waals surface area contributed by atoms with E-state index in [0.29, 0.717) is 17.2 Å². The van der Waals surface area contributed by atoms with Gasteiger partial charge in [-0.25, -0.2) is 0 Å². The highest BCUT2D eigenvalue weighted by Gasteiger charge is 2.30. The minimum atomic E-state index is -0.275. The lowest BCUT2D eigenvalue weighted by Crippen LogP contribution is -2.37. The quantitative estimate of drug-likeness (QED) is 0.839. The molecule has 1 N–H and O–H groups in total. The van der Waals surface area contributed by atoms with Gasteiger partial charge in [-0.3, -0.25) is 14.9 Å². The lowest BCUT2D eigenvalue weighted by Gasteiger charge is -2.24. The first-order valence-electron chi connectivity index (χ1n) is 6.22. The van der Waals surface area contributed by atoms with Gasteiger partial charge in [0.25, 0.3) is 0 Å². The molecular weight excluding hydrogens is 262 g/mol. The molecule has 1 aromatic carbocycles. The number of ether oxygens (including phenoxy) is 3. The smallest absolute Gasteiger partial charge is 0.227 e. The van der Waals surface area contributed by atoms with Crippen LogP contribution in [-0.2, 0) is 9.59 Å². The van der Waals surface area contributed by atoms with Crippen molar-refractivity contribution in [3.63, 3.8) is 0 Å². The van der Waals surface area contributed by atoms with E-state index in [0.717, 1.165) is 5.56 Å². The Kier molecular flexibility index (Phi) is 4.12. The molecule has 0 atom stereocenters. The molecule has 2 rings (SSSR count). The minimum Gasteiger partial charge on any atom is -0.493 e. The molecule has 2 amide bonds. The molecular formula is C14H17NO5. The summed E-state index contributed by atoms with van der Waals surface area (Å²) in [5.74, 6) is 0.738. The molecule has 1 aliphatic heterocycles. The maximum Gasteiger partial charge on any atom is 0.227 e. The molecule has 20 heavy (non-hydrogen) atoms. The number of rotatable bonds is 4. The Morgan fingerprint density at radius 3 is 2.05 bits per heavy atom. The fourth-order valence-electron chi connectivity index (χ4n) is 2.44. The maximum absolute atomic E-state index is 11.5. The van der Waals surface area contributed by atoms with E-state index in [4.69, 9.17) is 14.2 Å². The highest BCUT2D eigenvalue weighted by molar-refractivity contribution is 5.98. The second-order valence-corrected chi connectivity index (χ2v) is 4.50. The van der Waals surface area contributed by atoms with E-state index in [1.54, 1.807) is 12.1 Å². The average Bonchev–Trinajstić information content (AvgIpc) is 2.44. The van der Waals surface area contributed by atoms with Crippen LogP contribution in [0.1, 0.15) is 24.3 Å². The lowest BCUT2D eigenvalue weighted by atomic mass is 9.88. The fraction of sp³-hybridized carbons (Fsp3) is 0.429. The Morgan fingerprint density at radius 1 is 0.950 bits per heavy atom. The Bertz CT molecular complexity index is 525. The number of piperidine rings is 1. The normalized spacial score (nSPS) is 15.8. The van der Waals surface area contributed by atoms with E-state index in [1.807, 2.05) is 0 Å². The minimum absolute atomic E-state index is 0.217. The van der Waals surface area contributed by atoms with Gasteiger partial charge in [-0.1, -0.05) is 6.07 Å². The van der Waals surface area contributed by atoms with Crippen LogP contribution in [0.25, 0.3) is 0 Å². The Balaban J connectivity index is 2.45. The Morgan fingerprint density at radius 2 is 1.55 bits per heavy atom. The molecule has 108 valence electrons. The summed E-state index contributed by atoms with van der Waals surface area (Å²) in [6.07, 6.45) is 0.495. The second-order valence-electron chi connectivity index (χ2n) is 4.50. The molecule has 1 saturated heterocycles. The van der Waals surface area contributed by atoms with Crippen molar-refractivity contribution in [3.8, 4) is 17.2 Å². The summed E-state index contributed by atoms with van der Waals surface area (Å²) in [5.41, 5.74) is 0.772. The SMILES string of the molecule is COc1ccc(C2CC(=O)NC(=O)C2)c(OC)c1OC. The second kappa shape index (κ2) is 5.81. The molecule has 1 aliphatic rings. The summed E-state index contributed by atoms with van der Waals surface area (Å²) < 4.78 is 15.9. The highest BCUT2D eigenvalue weighted by atomic mass is 16.5. The number of hydrogen-bond donors (Lipinski definition) is 1. The third kappa shape index (κ3) is 2.54. The Labute approximate surface area is 117 Å². The van der Waals surface area contributed by atoms with Crippen molar-refractivity contribution >= 4 is 11.8 Å². The van der Waals surface area contributed by atoms with Crippen molar-refractivity contribution in [2.75, 3.05) is 21.3 Å². The van der Waals surface area contributed by atoms with Crippen LogP contribution < -0.4 is 19.5 Å². The van der Waals surface area contributed by atoms with Crippen LogP contribution in [0, 0.1) is 0 Å². The molecule has 1 heterocycles. The zero-order chi connectivity index (χ0) is 14.7. The zero-order valence-electron chi connectivity index (χ0n) is 11.7. The van der Waals surface area contributed by atoms with Gasteiger partial charge in [0.15, 0.2) is 11.5 Å². The predicted octanol–water partition coefficient (Wildman–Crippen LogP) is 1.23. The van der Waals surface area contributed by atoms with E-state index in [1.165, 1.54) is 21.3 Å². The number of benzene rings is 1. The lowest BCUT2D eigenvalue weighted by molar-refractivity contribution is -0.133. The van der Waals surface area contributed by atoms with Crippen molar-refractivity contribution in [1.82, 2.24) is 5.32 Å². The molecule has 6 nitrogen and oxygen atoms in total. The van der Waals surface area contributed by atoms with Crippen LogP contribution in [0.2, 0.25) is 0 Å². The zero-order valence-corrected chi connectivity index (χ0v) is 11.7. The molecule has 1 fully saturated rings. The van der Waals surface area contributed by atoms with E-state index in [9.17, 15) is 9.59 Å².